The molecule has 0 amide bonds. The molecule has 3 heteroatoms. The largest absolute Gasteiger partial charge is 0.389 e. The molecule has 0 aromatic rings. The molecule has 0 spiro atoms. The Morgan fingerprint density at radius 2 is 1.64 bits per heavy atom. The lowest BCUT2D eigenvalue weighted by atomic mass is 9.72. The quantitative estimate of drug-likeness (QED) is 0.671. The van der Waals surface area contributed by atoms with E-state index in [9.17, 15) is 9.32 Å². The summed E-state index contributed by atoms with van der Waals surface area (Å²) in [5, 5.41) is 11.1. The second-order valence-electron chi connectivity index (χ2n) is 5.84. The first-order valence-corrected chi connectivity index (χ1v) is 6.73. The zero-order valence-electron chi connectivity index (χ0n) is 9.25. The van der Waals surface area contributed by atoms with Gasteiger partial charge in [-0.15, -0.1) is 0 Å². The number of aliphatic hydroxyl groups is 1. The van der Waals surface area contributed by atoms with Crippen LogP contribution in [0, 0.1) is 5.41 Å². The van der Waals surface area contributed by atoms with E-state index >= 15 is 0 Å². The molecule has 2 rings (SSSR count). The minimum absolute atomic E-state index is 0.0849. The lowest BCUT2D eigenvalue weighted by molar-refractivity contribution is -0.0708. The Hall–Kier alpha value is 0.110. The average Bonchev–Trinajstić information content (AvgIpc) is 2.32. The van der Waals surface area contributed by atoms with Crippen molar-refractivity contribution in [1.82, 2.24) is 0 Å². The van der Waals surface area contributed by atoms with Crippen LogP contribution in [0.25, 0.3) is 0 Å². The fraction of sp³-hybridized carbons (Fsp3) is 1.00. The van der Waals surface area contributed by atoms with Crippen LogP contribution < -0.4 is 0 Å². The molecule has 0 aromatic carbocycles. The van der Waals surface area contributed by atoms with E-state index in [1.54, 1.807) is 0 Å². The SMILES string of the molecule is CC(C)(C)C1(O)CC2CCC(C1)S2=O. The van der Waals surface area contributed by atoms with Gasteiger partial charge in [-0.1, -0.05) is 20.8 Å². The lowest BCUT2D eigenvalue weighted by Crippen LogP contribution is -2.51. The molecular weight excluding hydrogens is 196 g/mol. The molecule has 2 saturated heterocycles. The van der Waals surface area contributed by atoms with Gasteiger partial charge in [0.15, 0.2) is 0 Å². The van der Waals surface area contributed by atoms with Crippen molar-refractivity contribution in [3.63, 3.8) is 0 Å². The Kier molecular flexibility index (Phi) is 2.31. The van der Waals surface area contributed by atoms with Crippen molar-refractivity contribution < 1.29 is 9.32 Å². The minimum atomic E-state index is -0.660. The highest BCUT2D eigenvalue weighted by atomic mass is 32.2. The molecule has 14 heavy (non-hydrogen) atoms. The maximum Gasteiger partial charge on any atom is 0.0718 e. The summed E-state index contributed by atoms with van der Waals surface area (Å²) in [6, 6.07) is 0. The first kappa shape index (κ1) is 10.6. The topological polar surface area (TPSA) is 37.3 Å². The Labute approximate surface area is 88.5 Å². The predicted molar refractivity (Wildman–Crippen MR) is 58.6 cm³/mol. The summed E-state index contributed by atoms with van der Waals surface area (Å²) in [5.74, 6) is 0. The van der Waals surface area contributed by atoms with E-state index in [0.29, 0.717) is 0 Å². The van der Waals surface area contributed by atoms with Crippen molar-refractivity contribution in [1.29, 1.82) is 0 Å². The monoisotopic (exact) mass is 216 g/mol. The van der Waals surface area contributed by atoms with Crippen molar-refractivity contribution in [3.8, 4) is 0 Å². The molecule has 2 aliphatic heterocycles. The van der Waals surface area contributed by atoms with Gasteiger partial charge in [-0.05, 0) is 31.1 Å². The number of hydrogen-bond donors (Lipinski definition) is 1. The molecule has 2 atom stereocenters. The minimum Gasteiger partial charge on any atom is -0.389 e. The van der Waals surface area contributed by atoms with E-state index < -0.39 is 16.4 Å². The van der Waals surface area contributed by atoms with E-state index in [1.807, 2.05) is 0 Å². The third-order valence-corrected chi connectivity index (χ3v) is 6.11. The molecule has 82 valence electrons. The summed E-state index contributed by atoms with van der Waals surface area (Å²) in [4.78, 5) is 0. The van der Waals surface area contributed by atoms with Gasteiger partial charge in [0, 0.05) is 21.3 Å². The Bertz CT molecular complexity index is 251. The molecule has 0 radical (unpaired) electrons. The summed E-state index contributed by atoms with van der Waals surface area (Å²) < 4.78 is 11.8. The molecule has 2 unspecified atom stereocenters. The molecule has 0 aliphatic carbocycles. The fourth-order valence-corrected chi connectivity index (χ4v) is 4.85. The van der Waals surface area contributed by atoms with Gasteiger partial charge in [0.2, 0.25) is 0 Å². The third-order valence-electron chi connectivity index (χ3n) is 3.99. The molecule has 0 saturated carbocycles. The van der Waals surface area contributed by atoms with Gasteiger partial charge in [0.1, 0.15) is 0 Å². The molecule has 2 bridgehead atoms. The summed E-state index contributed by atoms with van der Waals surface area (Å²) >= 11 is 0. The molecule has 1 N–H and O–H groups in total. The van der Waals surface area contributed by atoms with E-state index in [4.69, 9.17) is 0 Å². The van der Waals surface area contributed by atoms with Crippen molar-refractivity contribution in [2.75, 3.05) is 0 Å². The zero-order valence-corrected chi connectivity index (χ0v) is 10.1. The zero-order chi connectivity index (χ0) is 10.6. The molecule has 2 fully saturated rings. The summed E-state index contributed by atoms with van der Waals surface area (Å²) in [6.45, 7) is 6.25. The highest BCUT2D eigenvalue weighted by molar-refractivity contribution is 7.86. The maximum absolute atomic E-state index is 11.8. The second kappa shape index (κ2) is 3.05. The van der Waals surface area contributed by atoms with E-state index in [0.717, 1.165) is 25.7 Å². The summed E-state index contributed by atoms with van der Waals surface area (Å²) in [5.41, 5.74) is -0.675. The van der Waals surface area contributed by atoms with Crippen LogP contribution in [0.2, 0.25) is 0 Å². The molecular formula is C11H20O2S. The number of hydrogen-bond acceptors (Lipinski definition) is 2. The summed E-state index contributed by atoms with van der Waals surface area (Å²) in [7, 11) is -0.660. The van der Waals surface area contributed by atoms with Crippen LogP contribution in [0.5, 0.6) is 0 Å². The fourth-order valence-electron chi connectivity index (χ4n) is 2.69. The molecule has 2 heterocycles. The van der Waals surface area contributed by atoms with Gasteiger partial charge >= 0.3 is 0 Å². The Morgan fingerprint density at radius 3 is 2.00 bits per heavy atom. The molecule has 0 aromatic heterocycles. The van der Waals surface area contributed by atoms with Gasteiger partial charge in [-0.25, -0.2) is 0 Å². The van der Waals surface area contributed by atoms with E-state index in [2.05, 4.69) is 20.8 Å². The molecule has 2 nitrogen and oxygen atoms in total. The number of fused-ring (bicyclic) bond motifs is 2. The van der Waals surface area contributed by atoms with E-state index in [-0.39, 0.29) is 15.9 Å². The van der Waals surface area contributed by atoms with Gasteiger partial charge < -0.3 is 5.11 Å². The van der Waals surface area contributed by atoms with Gasteiger partial charge in [0.25, 0.3) is 0 Å². The van der Waals surface area contributed by atoms with E-state index in [1.165, 1.54) is 0 Å². The van der Waals surface area contributed by atoms with Gasteiger partial charge in [-0.2, -0.15) is 0 Å². The Balaban J connectivity index is 2.24. The highest BCUT2D eigenvalue weighted by Crippen LogP contribution is 2.48. The van der Waals surface area contributed by atoms with Crippen LogP contribution >= 0.6 is 0 Å². The van der Waals surface area contributed by atoms with Crippen molar-refractivity contribution in [2.24, 2.45) is 5.41 Å². The van der Waals surface area contributed by atoms with Crippen LogP contribution in [0.3, 0.4) is 0 Å². The normalized spacial score (nSPS) is 48.1. The smallest absolute Gasteiger partial charge is 0.0718 e. The standard InChI is InChI=1S/C11H20O2S/c1-10(2,3)11(12)6-8-4-5-9(7-11)14(8)13/h8-9,12H,4-7H2,1-3H3. The van der Waals surface area contributed by atoms with Crippen LogP contribution in [-0.4, -0.2) is 25.4 Å². The second-order valence-corrected chi connectivity index (χ2v) is 7.83. The van der Waals surface area contributed by atoms with Crippen LogP contribution in [0.15, 0.2) is 0 Å². The average molecular weight is 216 g/mol. The Morgan fingerprint density at radius 1 is 1.21 bits per heavy atom. The first-order chi connectivity index (χ1) is 6.33. The third kappa shape index (κ3) is 1.45. The predicted octanol–water partition coefficient (Wildman–Crippen LogP) is 1.84. The lowest BCUT2D eigenvalue weighted by Gasteiger charge is -2.45. The highest BCUT2D eigenvalue weighted by Gasteiger charge is 2.52. The first-order valence-electron chi connectivity index (χ1n) is 5.45. The van der Waals surface area contributed by atoms with Crippen molar-refractivity contribution in [2.45, 2.75) is 62.6 Å². The van der Waals surface area contributed by atoms with Crippen LogP contribution in [0.4, 0.5) is 0 Å². The van der Waals surface area contributed by atoms with Crippen LogP contribution in [-0.2, 0) is 10.8 Å². The van der Waals surface area contributed by atoms with Crippen LogP contribution in [0.1, 0.15) is 46.5 Å². The van der Waals surface area contributed by atoms with Gasteiger partial charge in [0.05, 0.1) is 5.60 Å². The maximum atomic E-state index is 11.8. The van der Waals surface area contributed by atoms with Gasteiger partial charge in [-0.3, -0.25) is 4.21 Å². The van der Waals surface area contributed by atoms with Crippen molar-refractivity contribution in [3.05, 3.63) is 0 Å². The summed E-state index contributed by atoms with van der Waals surface area (Å²) in [6.07, 6.45) is 3.57. The van der Waals surface area contributed by atoms with Crippen molar-refractivity contribution >= 4 is 10.8 Å². The number of rotatable bonds is 0. The molecule has 2 aliphatic rings.